The van der Waals surface area contributed by atoms with Crippen molar-refractivity contribution in [1.29, 1.82) is 5.26 Å². The smallest absolute Gasteiger partial charge is 0.219 e. The Morgan fingerprint density at radius 3 is 2.72 bits per heavy atom. The Hall–Kier alpha value is -2.94. The predicted octanol–water partition coefficient (Wildman–Crippen LogP) is 4.01. The zero-order valence-electron chi connectivity index (χ0n) is 16.0. The van der Waals surface area contributed by atoms with Crippen molar-refractivity contribution >= 4 is 15.2 Å². The van der Waals surface area contributed by atoms with Crippen molar-refractivity contribution in [3.05, 3.63) is 54.2 Å². The highest BCUT2D eigenvalue weighted by molar-refractivity contribution is 7.13. The van der Waals surface area contributed by atoms with Gasteiger partial charge in [-0.05, 0) is 37.5 Å². The van der Waals surface area contributed by atoms with E-state index in [-0.39, 0.29) is 6.04 Å². The maximum Gasteiger partial charge on any atom is 0.219 e. The number of hydrogen-bond donors (Lipinski definition) is 1. The average Bonchev–Trinajstić information content (AvgIpc) is 2.92. The SMILES string of the molecule is N#Cc1c(-c2ccc(Oc3ccccc3)nc2)nn(C2CCCCN(P)C2)c1N. The number of nitrogen functional groups attached to an aromatic ring is 1. The van der Waals surface area contributed by atoms with Crippen LogP contribution in [-0.4, -0.2) is 32.5 Å². The summed E-state index contributed by atoms with van der Waals surface area (Å²) in [5, 5.41) is 14.4. The molecule has 1 saturated heterocycles. The standard InChI is InChI=1S/C21H23N6OP/c22-12-18-20(25-27(21(18)23)16-6-4-5-11-26(29)14-16)15-9-10-19(24-13-15)28-17-7-2-1-3-8-17/h1-3,7-10,13,16H,4-6,11,14,23,29H2. The number of rotatable bonds is 4. The first-order valence-corrected chi connectivity index (χ1v) is 10.1. The van der Waals surface area contributed by atoms with Crippen LogP contribution in [0, 0.1) is 11.3 Å². The summed E-state index contributed by atoms with van der Waals surface area (Å²) in [5.74, 6) is 1.61. The molecule has 4 rings (SSSR count). The van der Waals surface area contributed by atoms with E-state index in [1.165, 1.54) is 0 Å². The second kappa shape index (κ2) is 8.60. The van der Waals surface area contributed by atoms with Crippen molar-refractivity contribution in [2.24, 2.45) is 0 Å². The minimum atomic E-state index is 0.143. The van der Waals surface area contributed by atoms with Gasteiger partial charge in [0.25, 0.3) is 0 Å². The van der Waals surface area contributed by atoms with Crippen molar-refractivity contribution in [3.63, 3.8) is 0 Å². The Bertz CT molecular complexity index is 1010. The van der Waals surface area contributed by atoms with Crippen LogP contribution >= 0.6 is 9.39 Å². The first-order valence-electron chi connectivity index (χ1n) is 9.62. The Balaban J connectivity index is 1.62. The van der Waals surface area contributed by atoms with Crippen molar-refractivity contribution in [2.45, 2.75) is 25.3 Å². The summed E-state index contributed by atoms with van der Waals surface area (Å²) in [6, 6.07) is 15.5. The molecule has 0 saturated carbocycles. The van der Waals surface area contributed by atoms with Gasteiger partial charge >= 0.3 is 0 Å². The Labute approximate surface area is 172 Å². The molecular weight excluding hydrogens is 383 g/mol. The summed E-state index contributed by atoms with van der Waals surface area (Å²) < 4.78 is 9.76. The summed E-state index contributed by atoms with van der Waals surface area (Å²) in [5.41, 5.74) is 8.01. The van der Waals surface area contributed by atoms with Gasteiger partial charge in [-0.25, -0.2) is 9.67 Å². The van der Waals surface area contributed by atoms with E-state index in [2.05, 4.69) is 25.1 Å². The molecule has 2 unspecified atom stereocenters. The minimum absolute atomic E-state index is 0.143. The molecule has 29 heavy (non-hydrogen) atoms. The highest BCUT2D eigenvalue weighted by Gasteiger charge is 2.25. The van der Waals surface area contributed by atoms with Crippen molar-refractivity contribution in [2.75, 3.05) is 18.8 Å². The van der Waals surface area contributed by atoms with Crippen LogP contribution in [0.4, 0.5) is 5.82 Å². The van der Waals surface area contributed by atoms with E-state index in [1.807, 2.05) is 41.1 Å². The van der Waals surface area contributed by atoms with Crippen molar-refractivity contribution in [1.82, 2.24) is 19.4 Å². The van der Waals surface area contributed by atoms with Gasteiger partial charge in [-0.3, -0.25) is 4.67 Å². The molecule has 148 valence electrons. The number of pyridine rings is 1. The molecule has 1 fully saturated rings. The molecule has 0 bridgehead atoms. The van der Waals surface area contributed by atoms with Crippen LogP contribution in [0.5, 0.6) is 11.6 Å². The number of para-hydroxylation sites is 1. The second-order valence-corrected chi connectivity index (χ2v) is 7.84. The fourth-order valence-electron chi connectivity index (χ4n) is 3.58. The highest BCUT2D eigenvalue weighted by Crippen LogP contribution is 2.32. The van der Waals surface area contributed by atoms with Crippen LogP contribution in [-0.2, 0) is 0 Å². The van der Waals surface area contributed by atoms with Crippen LogP contribution in [0.1, 0.15) is 30.9 Å². The molecule has 7 nitrogen and oxygen atoms in total. The van der Waals surface area contributed by atoms with Gasteiger partial charge in [0.1, 0.15) is 28.9 Å². The lowest BCUT2D eigenvalue weighted by Crippen LogP contribution is -2.23. The third-order valence-corrected chi connectivity index (χ3v) is 5.53. The fraction of sp³-hybridized carbons (Fsp3) is 0.286. The molecule has 2 atom stereocenters. The molecule has 2 N–H and O–H groups in total. The van der Waals surface area contributed by atoms with Crippen LogP contribution in [0.3, 0.4) is 0 Å². The molecule has 2 aromatic heterocycles. The van der Waals surface area contributed by atoms with E-state index in [9.17, 15) is 5.26 Å². The lowest BCUT2D eigenvalue weighted by molar-refractivity contribution is 0.368. The average molecular weight is 406 g/mol. The Morgan fingerprint density at radius 1 is 1.17 bits per heavy atom. The topological polar surface area (TPSA) is 93.0 Å². The minimum Gasteiger partial charge on any atom is -0.439 e. The summed E-state index contributed by atoms with van der Waals surface area (Å²) >= 11 is 0. The van der Waals surface area contributed by atoms with E-state index in [1.54, 1.807) is 12.3 Å². The maximum atomic E-state index is 9.69. The lowest BCUT2D eigenvalue weighted by atomic mass is 10.1. The summed E-state index contributed by atoms with van der Waals surface area (Å²) in [6.07, 6.45) is 4.91. The summed E-state index contributed by atoms with van der Waals surface area (Å²) in [7, 11) is 2.77. The normalized spacial score (nSPS) is 17.4. The first-order chi connectivity index (χ1) is 14.2. The van der Waals surface area contributed by atoms with Crippen LogP contribution in [0.2, 0.25) is 0 Å². The number of nitrogens with zero attached hydrogens (tertiary/aromatic N) is 5. The third kappa shape index (κ3) is 4.24. The Morgan fingerprint density at radius 2 is 2.00 bits per heavy atom. The van der Waals surface area contributed by atoms with Gasteiger partial charge in [0.05, 0.1) is 6.04 Å². The van der Waals surface area contributed by atoms with E-state index in [0.717, 1.165) is 37.9 Å². The number of nitrogens with two attached hydrogens (primary N) is 1. The van der Waals surface area contributed by atoms with E-state index >= 15 is 0 Å². The van der Waals surface area contributed by atoms with Gasteiger partial charge in [0, 0.05) is 30.9 Å². The fourth-order valence-corrected chi connectivity index (χ4v) is 4.00. The van der Waals surface area contributed by atoms with Gasteiger partial charge in [-0.2, -0.15) is 10.4 Å². The van der Waals surface area contributed by atoms with Gasteiger partial charge < -0.3 is 10.5 Å². The second-order valence-electron chi connectivity index (χ2n) is 7.11. The number of nitriles is 1. The van der Waals surface area contributed by atoms with Crippen molar-refractivity contribution < 1.29 is 4.74 Å². The monoisotopic (exact) mass is 406 g/mol. The number of aromatic nitrogens is 3. The van der Waals surface area contributed by atoms with Gasteiger partial charge in [0.15, 0.2) is 0 Å². The molecule has 0 aliphatic carbocycles. The third-order valence-electron chi connectivity index (χ3n) is 5.06. The molecule has 8 heteroatoms. The van der Waals surface area contributed by atoms with E-state index in [0.29, 0.717) is 28.7 Å². The van der Waals surface area contributed by atoms with Crippen molar-refractivity contribution in [3.8, 4) is 29.0 Å². The lowest BCUT2D eigenvalue weighted by Gasteiger charge is -2.21. The zero-order chi connectivity index (χ0) is 20.2. The molecule has 1 aliphatic heterocycles. The van der Waals surface area contributed by atoms with Crippen LogP contribution < -0.4 is 10.5 Å². The molecule has 0 radical (unpaired) electrons. The van der Waals surface area contributed by atoms with E-state index in [4.69, 9.17) is 15.6 Å². The quantitative estimate of drug-likeness (QED) is 0.658. The summed E-state index contributed by atoms with van der Waals surface area (Å²) in [4.78, 5) is 4.37. The number of hydrogen-bond acceptors (Lipinski definition) is 6. The van der Waals surface area contributed by atoms with E-state index < -0.39 is 0 Å². The molecule has 3 heterocycles. The predicted molar refractivity (Wildman–Crippen MR) is 115 cm³/mol. The summed E-state index contributed by atoms with van der Waals surface area (Å²) in [6.45, 7) is 1.87. The van der Waals surface area contributed by atoms with Gasteiger partial charge in [0.2, 0.25) is 5.88 Å². The molecule has 0 amide bonds. The molecule has 1 aliphatic rings. The zero-order valence-corrected chi connectivity index (χ0v) is 17.2. The van der Waals surface area contributed by atoms with Gasteiger partial charge in [-0.1, -0.05) is 27.6 Å². The number of anilines is 1. The number of ether oxygens (including phenoxy) is 1. The first kappa shape index (κ1) is 19.4. The van der Waals surface area contributed by atoms with Crippen LogP contribution in [0.25, 0.3) is 11.3 Å². The largest absolute Gasteiger partial charge is 0.439 e. The van der Waals surface area contributed by atoms with Gasteiger partial charge in [-0.15, -0.1) is 0 Å². The molecular formula is C21H23N6OP. The maximum absolute atomic E-state index is 9.69. The molecule has 3 aromatic rings. The highest BCUT2D eigenvalue weighted by atomic mass is 31.0. The Kier molecular flexibility index (Phi) is 5.75. The molecule has 0 spiro atoms. The van der Waals surface area contributed by atoms with Crippen LogP contribution in [0.15, 0.2) is 48.7 Å². The number of benzene rings is 1. The molecule has 1 aromatic carbocycles.